The fourth-order valence-electron chi connectivity index (χ4n) is 1.85. The van der Waals surface area contributed by atoms with E-state index in [0.29, 0.717) is 24.2 Å². The molecule has 0 spiro atoms. The average molecular weight is 291 g/mol. The van der Waals surface area contributed by atoms with Gasteiger partial charge in [-0.3, -0.25) is 0 Å². The maximum absolute atomic E-state index is 13.8. The largest absolute Gasteiger partial charge is 0.409 e. The Morgan fingerprint density at radius 2 is 1.81 bits per heavy atom. The standard InChI is InChI=1S/C15H15F2N3O/c16-13-5-1-10(2-6-13)8-19-9-12-4-3-11(7-14(12)17)15(18)20-21/h1-7,19,21H,8-9H2,(H2,18,20). The number of nitrogens with one attached hydrogen (secondary N) is 1. The maximum atomic E-state index is 13.8. The Labute approximate surface area is 120 Å². The van der Waals surface area contributed by atoms with E-state index in [9.17, 15) is 8.78 Å². The van der Waals surface area contributed by atoms with Crippen molar-refractivity contribution >= 4 is 5.84 Å². The van der Waals surface area contributed by atoms with Gasteiger partial charge < -0.3 is 16.3 Å². The number of amidine groups is 1. The average Bonchev–Trinajstić information content (AvgIpc) is 2.50. The van der Waals surface area contributed by atoms with Crippen LogP contribution in [-0.2, 0) is 13.1 Å². The molecule has 2 aromatic rings. The minimum absolute atomic E-state index is 0.139. The van der Waals surface area contributed by atoms with Crippen molar-refractivity contribution < 1.29 is 14.0 Å². The van der Waals surface area contributed by atoms with Gasteiger partial charge in [0.05, 0.1) is 0 Å². The molecule has 2 aromatic carbocycles. The smallest absolute Gasteiger partial charge is 0.170 e. The molecule has 4 N–H and O–H groups in total. The van der Waals surface area contributed by atoms with Crippen LogP contribution in [0.1, 0.15) is 16.7 Å². The number of rotatable bonds is 5. The summed E-state index contributed by atoms with van der Waals surface area (Å²) in [4.78, 5) is 0. The molecular formula is C15H15F2N3O. The molecule has 0 fully saturated rings. The van der Waals surface area contributed by atoms with Gasteiger partial charge in [0.1, 0.15) is 11.6 Å². The molecule has 0 amide bonds. The first kappa shape index (κ1) is 14.9. The van der Waals surface area contributed by atoms with Crippen LogP contribution < -0.4 is 11.1 Å². The summed E-state index contributed by atoms with van der Waals surface area (Å²) in [6.07, 6.45) is 0. The van der Waals surface area contributed by atoms with Gasteiger partial charge in [0.15, 0.2) is 5.84 Å². The van der Waals surface area contributed by atoms with Gasteiger partial charge in [-0.1, -0.05) is 29.4 Å². The summed E-state index contributed by atoms with van der Waals surface area (Å²) in [6.45, 7) is 0.821. The van der Waals surface area contributed by atoms with E-state index in [-0.39, 0.29) is 11.7 Å². The van der Waals surface area contributed by atoms with Crippen molar-refractivity contribution in [1.29, 1.82) is 0 Å². The summed E-state index contributed by atoms with van der Waals surface area (Å²) >= 11 is 0. The van der Waals surface area contributed by atoms with E-state index in [0.717, 1.165) is 5.56 Å². The van der Waals surface area contributed by atoms with Crippen molar-refractivity contribution in [2.45, 2.75) is 13.1 Å². The monoisotopic (exact) mass is 291 g/mol. The number of nitrogens with zero attached hydrogens (tertiary/aromatic N) is 1. The first-order valence-electron chi connectivity index (χ1n) is 6.31. The minimum atomic E-state index is -0.439. The first-order chi connectivity index (χ1) is 10.1. The number of nitrogens with two attached hydrogens (primary N) is 1. The number of oxime groups is 1. The summed E-state index contributed by atoms with van der Waals surface area (Å²) in [7, 11) is 0. The Bertz CT molecular complexity index is 642. The molecule has 0 aliphatic rings. The number of benzene rings is 2. The molecule has 2 rings (SSSR count). The maximum Gasteiger partial charge on any atom is 0.170 e. The Morgan fingerprint density at radius 1 is 1.10 bits per heavy atom. The second-order valence-corrected chi connectivity index (χ2v) is 4.52. The van der Waals surface area contributed by atoms with Gasteiger partial charge in [-0.25, -0.2) is 8.78 Å². The molecule has 0 aliphatic carbocycles. The highest BCUT2D eigenvalue weighted by Crippen LogP contribution is 2.11. The van der Waals surface area contributed by atoms with Gasteiger partial charge in [-0.05, 0) is 23.8 Å². The van der Waals surface area contributed by atoms with Gasteiger partial charge in [0, 0.05) is 24.2 Å². The number of hydrogen-bond acceptors (Lipinski definition) is 3. The number of halogens is 2. The van der Waals surface area contributed by atoms with E-state index in [1.807, 2.05) is 0 Å². The lowest BCUT2D eigenvalue weighted by Crippen LogP contribution is -2.16. The summed E-state index contributed by atoms with van der Waals surface area (Å²) in [5.74, 6) is -0.867. The van der Waals surface area contributed by atoms with Crippen molar-refractivity contribution in [2.24, 2.45) is 10.9 Å². The van der Waals surface area contributed by atoms with Crippen LogP contribution in [0.25, 0.3) is 0 Å². The zero-order chi connectivity index (χ0) is 15.2. The molecule has 0 unspecified atom stereocenters. The lowest BCUT2D eigenvalue weighted by molar-refractivity contribution is 0.318. The molecule has 0 atom stereocenters. The molecule has 0 heterocycles. The molecule has 0 saturated heterocycles. The van der Waals surface area contributed by atoms with Crippen molar-refractivity contribution in [2.75, 3.05) is 0 Å². The van der Waals surface area contributed by atoms with Crippen LogP contribution in [0.3, 0.4) is 0 Å². The van der Waals surface area contributed by atoms with Gasteiger partial charge in [0.25, 0.3) is 0 Å². The Kier molecular flexibility index (Phi) is 4.84. The summed E-state index contributed by atoms with van der Waals surface area (Å²) in [5, 5.41) is 14.4. The van der Waals surface area contributed by atoms with Crippen molar-refractivity contribution in [1.82, 2.24) is 5.32 Å². The second kappa shape index (κ2) is 6.81. The Balaban J connectivity index is 1.96. The lowest BCUT2D eigenvalue weighted by atomic mass is 10.1. The summed E-state index contributed by atoms with van der Waals surface area (Å²) in [5.41, 5.74) is 7.08. The van der Waals surface area contributed by atoms with Crippen LogP contribution in [0.2, 0.25) is 0 Å². The van der Waals surface area contributed by atoms with E-state index in [1.165, 1.54) is 18.2 Å². The molecule has 110 valence electrons. The van der Waals surface area contributed by atoms with Gasteiger partial charge >= 0.3 is 0 Å². The predicted octanol–water partition coefficient (Wildman–Crippen LogP) is 2.35. The van der Waals surface area contributed by atoms with Crippen LogP contribution in [0.4, 0.5) is 8.78 Å². The molecule has 6 heteroatoms. The molecule has 0 bridgehead atoms. The highest BCUT2D eigenvalue weighted by molar-refractivity contribution is 5.97. The van der Waals surface area contributed by atoms with Crippen LogP contribution in [0, 0.1) is 11.6 Å². The molecule has 0 aromatic heterocycles. The number of hydrogen-bond donors (Lipinski definition) is 3. The van der Waals surface area contributed by atoms with Crippen LogP contribution in [0.5, 0.6) is 0 Å². The molecule has 4 nitrogen and oxygen atoms in total. The minimum Gasteiger partial charge on any atom is -0.409 e. The Morgan fingerprint density at radius 3 is 2.43 bits per heavy atom. The molecule has 0 saturated carbocycles. The predicted molar refractivity (Wildman–Crippen MR) is 75.9 cm³/mol. The van der Waals surface area contributed by atoms with Gasteiger partial charge in [0.2, 0.25) is 0 Å². The molecule has 0 radical (unpaired) electrons. The highest BCUT2D eigenvalue weighted by atomic mass is 19.1. The quantitative estimate of drug-likeness (QED) is 0.343. The zero-order valence-corrected chi connectivity index (χ0v) is 11.2. The van der Waals surface area contributed by atoms with E-state index in [4.69, 9.17) is 10.9 Å². The molecule has 21 heavy (non-hydrogen) atoms. The topological polar surface area (TPSA) is 70.6 Å². The Hall–Kier alpha value is -2.47. The summed E-state index contributed by atoms with van der Waals surface area (Å²) < 4.78 is 26.6. The fraction of sp³-hybridized carbons (Fsp3) is 0.133. The van der Waals surface area contributed by atoms with E-state index < -0.39 is 5.82 Å². The third-order valence-electron chi connectivity index (χ3n) is 3.01. The normalized spacial score (nSPS) is 11.6. The van der Waals surface area contributed by atoms with E-state index >= 15 is 0 Å². The van der Waals surface area contributed by atoms with Crippen LogP contribution in [0.15, 0.2) is 47.6 Å². The van der Waals surface area contributed by atoms with Crippen molar-refractivity contribution in [3.05, 3.63) is 70.8 Å². The van der Waals surface area contributed by atoms with Gasteiger partial charge in [-0.2, -0.15) is 0 Å². The third kappa shape index (κ3) is 4.00. The second-order valence-electron chi connectivity index (χ2n) is 4.52. The van der Waals surface area contributed by atoms with E-state index in [2.05, 4.69) is 10.5 Å². The van der Waals surface area contributed by atoms with Crippen molar-refractivity contribution in [3.63, 3.8) is 0 Å². The fourth-order valence-corrected chi connectivity index (χ4v) is 1.85. The third-order valence-corrected chi connectivity index (χ3v) is 3.01. The molecular weight excluding hydrogens is 276 g/mol. The summed E-state index contributed by atoms with van der Waals surface area (Å²) in [6, 6.07) is 10.4. The van der Waals surface area contributed by atoms with Crippen molar-refractivity contribution in [3.8, 4) is 0 Å². The SMILES string of the molecule is NC(=NO)c1ccc(CNCc2ccc(F)cc2)c(F)c1. The van der Waals surface area contributed by atoms with Crippen LogP contribution >= 0.6 is 0 Å². The van der Waals surface area contributed by atoms with E-state index in [1.54, 1.807) is 24.3 Å². The van der Waals surface area contributed by atoms with Crippen LogP contribution in [-0.4, -0.2) is 11.0 Å². The first-order valence-corrected chi connectivity index (χ1v) is 6.31. The van der Waals surface area contributed by atoms with Gasteiger partial charge in [-0.15, -0.1) is 0 Å². The zero-order valence-electron chi connectivity index (χ0n) is 11.2. The molecule has 0 aliphatic heterocycles. The highest BCUT2D eigenvalue weighted by Gasteiger charge is 2.06. The lowest BCUT2D eigenvalue weighted by Gasteiger charge is -2.07.